The molecule has 1 saturated heterocycles. The molecule has 1 aromatic rings. The summed E-state index contributed by atoms with van der Waals surface area (Å²) in [5, 5.41) is 3.35. The maximum atomic E-state index is 13.1. The quantitative estimate of drug-likeness (QED) is 0.709. The second kappa shape index (κ2) is 9.16. The van der Waals surface area contributed by atoms with Gasteiger partial charge < -0.3 is 10.2 Å². The smallest absolute Gasteiger partial charge is 0.222 e. The number of hydrogen-bond acceptors (Lipinski definition) is 3. The lowest BCUT2D eigenvalue weighted by atomic mass is 10.1. The Morgan fingerprint density at radius 2 is 2.32 bits per heavy atom. The fourth-order valence-corrected chi connectivity index (χ4v) is 3.35. The first kappa shape index (κ1) is 17.3. The van der Waals surface area contributed by atoms with Crippen molar-refractivity contribution in [3.63, 3.8) is 0 Å². The Kier molecular flexibility index (Phi) is 7.19. The molecular formula is C17H25FN2OS. The van der Waals surface area contributed by atoms with Gasteiger partial charge in [0.1, 0.15) is 5.82 Å². The zero-order valence-electron chi connectivity index (χ0n) is 13.2. The molecule has 1 amide bonds. The number of halogens is 1. The molecule has 1 N–H and O–H groups in total. The number of rotatable bonds is 9. The molecule has 1 fully saturated rings. The van der Waals surface area contributed by atoms with Crippen molar-refractivity contribution >= 4 is 17.7 Å². The Hall–Kier alpha value is -1.07. The Morgan fingerprint density at radius 3 is 3.09 bits per heavy atom. The number of nitrogens with zero attached hydrogens (tertiary/aromatic N) is 1. The van der Waals surface area contributed by atoms with Crippen molar-refractivity contribution in [2.75, 3.05) is 25.1 Å². The van der Waals surface area contributed by atoms with E-state index >= 15 is 0 Å². The first-order valence-electron chi connectivity index (χ1n) is 7.94. The predicted octanol–water partition coefficient (Wildman–Crippen LogP) is 3.05. The molecule has 0 aromatic heterocycles. The molecule has 22 heavy (non-hydrogen) atoms. The number of nitrogens with one attached hydrogen (secondary N) is 1. The van der Waals surface area contributed by atoms with E-state index in [9.17, 15) is 9.18 Å². The number of hydrogen-bond donors (Lipinski definition) is 1. The van der Waals surface area contributed by atoms with Gasteiger partial charge in [0.05, 0.1) is 0 Å². The molecule has 0 saturated carbocycles. The minimum atomic E-state index is -0.194. The average Bonchev–Trinajstić information content (AvgIpc) is 2.85. The topological polar surface area (TPSA) is 32.3 Å². The standard InChI is InChI=1S/C17H25FN2OS/c1-22-11-3-10-20-16(6-7-17(20)21)8-9-19-13-14-4-2-5-15(18)12-14/h2,4-5,12,16,19H,3,6-11,13H2,1H3/t16-/m0/s1. The molecule has 5 heteroatoms. The van der Waals surface area contributed by atoms with Gasteiger partial charge in [-0.3, -0.25) is 4.79 Å². The summed E-state index contributed by atoms with van der Waals surface area (Å²) in [6, 6.07) is 7.04. The lowest BCUT2D eigenvalue weighted by Crippen LogP contribution is -2.36. The summed E-state index contributed by atoms with van der Waals surface area (Å²) in [5.74, 6) is 1.21. The first-order valence-corrected chi connectivity index (χ1v) is 9.33. The van der Waals surface area contributed by atoms with E-state index in [-0.39, 0.29) is 5.82 Å². The third-order valence-electron chi connectivity index (χ3n) is 4.07. The molecule has 0 bridgehead atoms. The third-order valence-corrected chi connectivity index (χ3v) is 4.77. The van der Waals surface area contributed by atoms with Crippen LogP contribution in [0, 0.1) is 5.82 Å². The van der Waals surface area contributed by atoms with Crippen LogP contribution in [0.3, 0.4) is 0 Å². The maximum absolute atomic E-state index is 13.1. The molecule has 1 aliphatic rings. The molecule has 1 heterocycles. The fourth-order valence-electron chi connectivity index (χ4n) is 2.93. The Balaban J connectivity index is 1.70. The largest absolute Gasteiger partial charge is 0.340 e. The molecule has 3 nitrogen and oxygen atoms in total. The first-order chi connectivity index (χ1) is 10.7. The van der Waals surface area contributed by atoms with Gasteiger partial charge in [-0.1, -0.05) is 12.1 Å². The van der Waals surface area contributed by atoms with Crippen LogP contribution in [0.5, 0.6) is 0 Å². The highest BCUT2D eigenvalue weighted by Gasteiger charge is 2.29. The van der Waals surface area contributed by atoms with Crippen LogP contribution in [0.1, 0.15) is 31.2 Å². The maximum Gasteiger partial charge on any atom is 0.222 e. The van der Waals surface area contributed by atoms with E-state index in [1.807, 2.05) is 17.8 Å². The molecule has 2 rings (SSSR count). The SMILES string of the molecule is CSCCCN1C(=O)CC[C@H]1CCNCc1cccc(F)c1. The van der Waals surface area contributed by atoms with Gasteiger partial charge in [-0.2, -0.15) is 11.8 Å². The van der Waals surface area contributed by atoms with Gasteiger partial charge in [0.15, 0.2) is 0 Å². The Labute approximate surface area is 136 Å². The zero-order valence-corrected chi connectivity index (χ0v) is 14.0. The molecule has 1 aromatic carbocycles. The van der Waals surface area contributed by atoms with Crippen LogP contribution in [0.15, 0.2) is 24.3 Å². The van der Waals surface area contributed by atoms with Gasteiger partial charge in [0, 0.05) is 25.6 Å². The van der Waals surface area contributed by atoms with Gasteiger partial charge >= 0.3 is 0 Å². The highest BCUT2D eigenvalue weighted by atomic mass is 32.2. The minimum Gasteiger partial charge on any atom is -0.340 e. The average molecular weight is 324 g/mol. The van der Waals surface area contributed by atoms with Gasteiger partial charge in [-0.05, 0) is 55.5 Å². The summed E-state index contributed by atoms with van der Waals surface area (Å²) in [4.78, 5) is 14.0. The summed E-state index contributed by atoms with van der Waals surface area (Å²) >= 11 is 1.83. The van der Waals surface area contributed by atoms with Crippen molar-refractivity contribution in [2.45, 2.75) is 38.3 Å². The van der Waals surface area contributed by atoms with E-state index in [1.54, 1.807) is 12.1 Å². The van der Waals surface area contributed by atoms with E-state index in [0.717, 1.165) is 43.7 Å². The molecular weight excluding hydrogens is 299 g/mol. The molecule has 122 valence electrons. The summed E-state index contributed by atoms with van der Waals surface area (Å²) in [7, 11) is 0. The Bertz CT molecular complexity index is 483. The molecule has 0 unspecified atom stereocenters. The molecule has 1 atom stereocenters. The van der Waals surface area contributed by atoms with E-state index in [1.165, 1.54) is 6.07 Å². The van der Waals surface area contributed by atoms with E-state index in [0.29, 0.717) is 24.9 Å². The minimum absolute atomic E-state index is 0.194. The second-order valence-electron chi connectivity index (χ2n) is 5.72. The van der Waals surface area contributed by atoms with Crippen LogP contribution in [-0.2, 0) is 11.3 Å². The van der Waals surface area contributed by atoms with Crippen molar-refractivity contribution in [2.24, 2.45) is 0 Å². The number of carbonyl (C=O) groups is 1. The number of likely N-dealkylation sites (tertiary alicyclic amines) is 1. The van der Waals surface area contributed by atoms with E-state index < -0.39 is 0 Å². The zero-order chi connectivity index (χ0) is 15.8. The van der Waals surface area contributed by atoms with Gasteiger partial charge in [-0.15, -0.1) is 0 Å². The number of amides is 1. The summed E-state index contributed by atoms with van der Waals surface area (Å²) < 4.78 is 13.1. The fraction of sp³-hybridized carbons (Fsp3) is 0.588. The van der Waals surface area contributed by atoms with Crippen LogP contribution in [0.25, 0.3) is 0 Å². The van der Waals surface area contributed by atoms with Crippen LogP contribution in [0.4, 0.5) is 4.39 Å². The van der Waals surface area contributed by atoms with Crippen molar-refractivity contribution in [3.05, 3.63) is 35.6 Å². The Morgan fingerprint density at radius 1 is 1.45 bits per heavy atom. The molecule has 1 aliphatic heterocycles. The monoisotopic (exact) mass is 324 g/mol. The molecule has 0 aliphatic carbocycles. The predicted molar refractivity (Wildman–Crippen MR) is 90.5 cm³/mol. The highest BCUT2D eigenvalue weighted by molar-refractivity contribution is 7.98. The van der Waals surface area contributed by atoms with Crippen molar-refractivity contribution in [1.82, 2.24) is 10.2 Å². The molecule has 0 spiro atoms. The van der Waals surface area contributed by atoms with Gasteiger partial charge in [0.2, 0.25) is 5.91 Å². The lowest BCUT2D eigenvalue weighted by Gasteiger charge is -2.25. The van der Waals surface area contributed by atoms with Crippen molar-refractivity contribution in [1.29, 1.82) is 0 Å². The van der Waals surface area contributed by atoms with Crippen molar-refractivity contribution < 1.29 is 9.18 Å². The highest BCUT2D eigenvalue weighted by Crippen LogP contribution is 2.21. The second-order valence-corrected chi connectivity index (χ2v) is 6.71. The normalized spacial score (nSPS) is 18.2. The number of benzene rings is 1. The summed E-state index contributed by atoms with van der Waals surface area (Å²) in [5.41, 5.74) is 0.958. The van der Waals surface area contributed by atoms with Crippen LogP contribution < -0.4 is 5.32 Å². The van der Waals surface area contributed by atoms with Gasteiger partial charge in [-0.25, -0.2) is 4.39 Å². The van der Waals surface area contributed by atoms with Crippen LogP contribution in [0.2, 0.25) is 0 Å². The third kappa shape index (κ3) is 5.29. The number of carbonyl (C=O) groups excluding carboxylic acids is 1. The number of thioether (sulfide) groups is 1. The van der Waals surface area contributed by atoms with Gasteiger partial charge in [0.25, 0.3) is 0 Å². The van der Waals surface area contributed by atoms with E-state index in [2.05, 4.69) is 16.5 Å². The van der Waals surface area contributed by atoms with E-state index in [4.69, 9.17) is 0 Å². The summed E-state index contributed by atoms with van der Waals surface area (Å²) in [6.07, 6.45) is 5.80. The molecule has 0 radical (unpaired) electrons. The van der Waals surface area contributed by atoms with Crippen LogP contribution >= 0.6 is 11.8 Å². The lowest BCUT2D eigenvalue weighted by molar-refractivity contribution is -0.129. The van der Waals surface area contributed by atoms with Crippen molar-refractivity contribution in [3.8, 4) is 0 Å². The summed E-state index contributed by atoms with van der Waals surface area (Å²) in [6.45, 7) is 2.41. The van der Waals surface area contributed by atoms with Crippen LogP contribution in [-0.4, -0.2) is 41.9 Å².